The Morgan fingerprint density at radius 1 is 0.255 bits per heavy atom. The van der Waals surface area contributed by atoms with Gasteiger partial charge in [-0.05, 0) is 88.0 Å². The summed E-state index contributed by atoms with van der Waals surface area (Å²) in [7, 11) is 0. The van der Waals surface area contributed by atoms with Crippen molar-refractivity contribution in [3.63, 3.8) is 0 Å². The highest BCUT2D eigenvalue weighted by molar-refractivity contribution is 6.02. The van der Waals surface area contributed by atoms with E-state index in [1.54, 1.807) is 0 Å². The molecule has 51 heavy (non-hydrogen) atoms. The number of nitrogens with zero attached hydrogens (tertiary/aromatic N) is 3. The smallest absolute Gasteiger partial charge is 0.0534 e. The summed E-state index contributed by atoms with van der Waals surface area (Å²) in [6.07, 6.45) is 13.3. The van der Waals surface area contributed by atoms with Gasteiger partial charge in [-0.1, -0.05) is 109 Å². The molecule has 0 saturated carbocycles. The molecule has 10 rings (SSSR count). The van der Waals surface area contributed by atoms with Crippen molar-refractivity contribution in [2.24, 2.45) is 0 Å². The largest absolute Gasteiger partial charge is 0.323 e. The maximum atomic E-state index is 2.39. The lowest BCUT2D eigenvalue weighted by Crippen LogP contribution is -1.88. The highest BCUT2D eigenvalue weighted by Crippen LogP contribution is 2.45. The van der Waals surface area contributed by atoms with Crippen LogP contribution in [0.3, 0.4) is 0 Å². The van der Waals surface area contributed by atoms with E-state index in [1.807, 2.05) is 0 Å². The van der Waals surface area contributed by atoms with Crippen LogP contribution in [-0.4, -0.2) is 13.2 Å². The van der Waals surface area contributed by atoms with Crippen LogP contribution in [-0.2, 0) is 0 Å². The fraction of sp³-hybridized carbons (Fsp3) is 0. The molecule has 3 heteroatoms. The third kappa shape index (κ3) is 4.90. The predicted octanol–water partition coefficient (Wildman–Crippen LogP) is 12.4. The maximum Gasteiger partial charge on any atom is 0.0534 e. The molecule has 0 bridgehead atoms. The van der Waals surface area contributed by atoms with Crippen LogP contribution in [0.1, 0.15) is 0 Å². The van der Waals surface area contributed by atoms with Gasteiger partial charge < -0.3 is 13.2 Å². The van der Waals surface area contributed by atoms with Gasteiger partial charge >= 0.3 is 0 Å². The zero-order valence-electron chi connectivity index (χ0n) is 27.9. The number of hydrogen-bond acceptors (Lipinski definition) is 0. The number of pyridine rings is 3. The molecular weight excluding hydrogens is 619 g/mol. The van der Waals surface area contributed by atoms with E-state index >= 15 is 0 Å². The van der Waals surface area contributed by atoms with Crippen molar-refractivity contribution in [3.05, 3.63) is 201 Å². The minimum Gasteiger partial charge on any atom is -0.323 e. The van der Waals surface area contributed by atoms with Crippen molar-refractivity contribution in [2.75, 3.05) is 0 Å². The highest BCUT2D eigenvalue weighted by atomic mass is 14.9. The van der Waals surface area contributed by atoms with E-state index in [1.165, 1.54) is 83.3 Å². The van der Waals surface area contributed by atoms with Crippen molar-refractivity contribution < 1.29 is 0 Å². The Hall–Kier alpha value is -6.84. The number of benzene rings is 4. The molecule has 0 aliphatic carbocycles. The SMILES string of the molecule is c1ccc(-c2c(-c3cc(-c4cn5ccccc5c4-c4ccccc4)cc(-c4cn5ccccc5c4-c4ccccc4)c3)cn3ccccc23)cc1. The van der Waals surface area contributed by atoms with E-state index in [9.17, 15) is 0 Å². The van der Waals surface area contributed by atoms with Crippen LogP contribution in [0, 0.1) is 0 Å². The molecular formula is C48H33N3. The first-order chi connectivity index (χ1) is 25.3. The molecule has 0 saturated heterocycles. The highest BCUT2D eigenvalue weighted by Gasteiger charge is 2.22. The van der Waals surface area contributed by atoms with Crippen LogP contribution in [0.4, 0.5) is 0 Å². The summed E-state index contributed by atoms with van der Waals surface area (Å²) < 4.78 is 6.77. The Balaban J connectivity index is 1.31. The van der Waals surface area contributed by atoms with Crippen molar-refractivity contribution >= 4 is 16.6 Å². The molecule has 0 spiro atoms. The first-order valence-electron chi connectivity index (χ1n) is 17.4. The zero-order chi connectivity index (χ0) is 33.7. The molecule has 0 atom stereocenters. The molecule has 4 aromatic carbocycles. The van der Waals surface area contributed by atoms with Crippen LogP contribution in [0.25, 0.3) is 83.3 Å². The summed E-state index contributed by atoms with van der Waals surface area (Å²) in [6, 6.07) is 58.9. The van der Waals surface area contributed by atoms with Gasteiger partial charge in [-0.15, -0.1) is 0 Å². The zero-order valence-corrected chi connectivity index (χ0v) is 27.9. The molecule has 240 valence electrons. The van der Waals surface area contributed by atoms with Crippen LogP contribution in [0.5, 0.6) is 0 Å². The van der Waals surface area contributed by atoms with Crippen LogP contribution < -0.4 is 0 Å². The van der Waals surface area contributed by atoms with Gasteiger partial charge in [0.25, 0.3) is 0 Å². The number of hydrogen-bond donors (Lipinski definition) is 0. The second kappa shape index (κ2) is 11.9. The van der Waals surface area contributed by atoms with Crippen LogP contribution >= 0.6 is 0 Å². The fourth-order valence-electron chi connectivity index (χ4n) is 7.84. The van der Waals surface area contributed by atoms with Gasteiger partial charge in [0.1, 0.15) is 0 Å². The lowest BCUT2D eigenvalue weighted by molar-refractivity contribution is 1.20. The molecule has 0 amide bonds. The molecule has 0 radical (unpaired) electrons. The predicted molar refractivity (Wildman–Crippen MR) is 212 cm³/mol. The fourth-order valence-corrected chi connectivity index (χ4v) is 7.84. The first kappa shape index (κ1) is 29.1. The maximum absolute atomic E-state index is 2.39. The third-order valence-corrected chi connectivity index (χ3v) is 10.1. The topological polar surface area (TPSA) is 13.2 Å². The summed E-state index contributed by atoms with van der Waals surface area (Å²) >= 11 is 0. The summed E-state index contributed by atoms with van der Waals surface area (Å²) in [4.78, 5) is 0. The van der Waals surface area contributed by atoms with Crippen molar-refractivity contribution in [1.29, 1.82) is 0 Å². The molecule has 6 heterocycles. The summed E-state index contributed by atoms with van der Waals surface area (Å²) in [5.74, 6) is 0. The van der Waals surface area contributed by atoms with E-state index in [0.717, 1.165) is 0 Å². The van der Waals surface area contributed by atoms with Crippen molar-refractivity contribution in [1.82, 2.24) is 13.2 Å². The van der Waals surface area contributed by atoms with Gasteiger partial charge in [-0.2, -0.15) is 0 Å². The lowest BCUT2D eigenvalue weighted by atomic mass is 9.89. The molecule has 0 aliphatic heterocycles. The van der Waals surface area contributed by atoms with Gasteiger partial charge in [-0.3, -0.25) is 0 Å². The standard InChI is InChI=1S/C48H33N3/c1-4-16-34(17-5-1)46-40(31-49-25-13-10-22-43(46)49)37-28-38(41-32-50-26-14-11-23-44(50)47(41)35-18-6-2-7-19-35)30-39(29-37)42-33-51-27-15-12-24-45(51)48(42)36-20-8-3-9-21-36/h1-33H. The van der Waals surface area contributed by atoms with Gasteiger partial charge in [0.2, 0.25) is 0 Å². The minimum absolute atomic E-state index is 1.17. The van der Waals surface area contributed by atoms with E-state index in [4.69, 9.17) is 0 Å². The molecule has 0 N–H and O–H groups in total. The number of fused-ring (bicyclic) bond motifs is 3. The van der Waals surface area contributed by atoms with Gasteiger partial charge in [0.05, 0.1) is 16.6 Å². The molecule has 0 fully saturated rings. The monoisotopic (exact) mass is 651 g/mol. The van der Waals surface area contributed by atoms with E-state index in [0.29, 0.717) is 0 Å². The average Bonchev–Trinajstić information content (AvgIpc) is 3.91. The van der Waals surface area contributed by atoms with Gasteiger partial charge in [0.15, 0.2) is 0 Å². The van der Waals surface area contributed by atoms with Gasteiger partial charge in [0, 0.05) is 70.6 Å². The molecule has 3 nitrogen and oxygen atoms in total. The Kier molecular flexibility index (Phi) is 6.81. The Labute approximate surface area is 296 Å². The first-order valence-corrected chi connectivity index (χ1v) is 17.4. The van der Waals surface area contributed by atoms with Gasteiger partial charge in [-0.25, -0.2) is 0 Å². The Bertz CT molecular complexity index is 2510. The second-order valence-corrected chi connectivity index (χ2v) is 13.1. The minimum atomic E-state index is 1.17. The Morgan fingerprint density at radius 3 is 0.824 bits per heavy atom. The third-order valence-electron chi connectivity index (χ3n) is 10.1. The molecule has 10 aromatic rings. The molecule has 6 aromatic heterocycles. The summed E-state index contributed by atoms with van der Waals surface area (Å²) in [5, 5.41) is 0. The average molecular weight is 652 g/mol. The number of aromatic nitrogens is 3. The quantitative estimate of drug-likeness (QED) is 0.170. The van der Waals surface area contributed by atoms with Crippen LogP contribution in [0.15, 0.2) is 201 Å². The Morgan fingerprint density at radius 2 is 0.529 bits per heavy atom. The number of rotatable bonds is 6. The van der Waals surface area contributed by atoms with Crippen LogP contribution in [0.2, 0.25) is 0 Å². The summed E-state index contributed by atoms with van der Waals surface area (Å²) in [5.41, 5.74) is 18.0. The molecule has 0 aliphatic rings. The summed E-state index contributed by atoms with van der Waals surface area (Å²) in [6.45, 7) is 0. The van der Waals surface area contributed by atoms with E-state index < -0.39 is 0 Å². The molecule has 0 unspecified atom stereocenters. The second-order valence-electron chi connectivity index (χ2n) is 13.1. The van der Waals surface area contributed by atoms with E-state index in [2.05, 4.69) is 214 Å². The van der Waals surface area contributed by atoms with E-state index in [-0.39, 0.29) is 0 Å². The lowest BCUT2D eigenvalue weighted by Gasteiger charge is -2.14. The van der Waals surface area contributed by atoms with Crippen molar-refractivity contribution in [3.8, 4) is 66.8 Å². The normalized spacial score (nSPS) is 11.5. The van der Waals surface area contributed by atoms with Crippen molar-refractivity contribution in [2.45, 2.75) is 0 Å².